The highest BCUT2D eigenvalue weighted by atomic mass is 16.4. The average Bonchev–Trinajstić information content (AvgIpc) is 2.73. The van der Waals surface area contributed by atoms with Crippen LogP contribution < -0.4 is 10.9 Å². The van der Waals surface area contributed by atoms with Gasteiger partial charge in [0.15, 0.2) is 0 Å². The number of hydrogen-bond donors (Lipinski definition) is 2. The van der Waals surface area contributed by atoms with Gasteiger partial charge < -0.3 is 19.7 Å². The van der Waals surface area contributed by atoms with Gasteiger partial charge in [-0.25, -0.2) is 4.79 Å². The molecule has 0 atom stereocenters. The summed E-state index contributed by atoms with van der Waals surface area (Å²) in [7, 11) is 3.72. The van der Waals surface area contributed by atoms with Crippen LogP contribution in [0.5, 0.6) is 5.75 Å². The van der Waals surface area contributed by atoms with Gasteiger partial charge in [-0.15, -0.1) is 0 Å². The number of aromatic hydroxyl groups is 1. The Morgan fingerprint density at radius 2 is 1.57 bits per heavy atom. The first-order valence-corrected chi connectivity index (χ1v) is 11.2. The fourth-order valence-electron chi connectivity index (χ4n) is 3.62. The predicted octanol–water partition coefficient (Wildman–Crippen LogP) is 4.69. The molecule has 0 fully saturated rings. The number of benzene rings is 1. The zero-order valence-corrected chi connectivity index (χ0v) is 18.4. The summed E-state index contributed by atoms with van der Waals surface area (Å²) in [6, 6.07) is 6.05. The van der Waals surface area contributed by atoms with Gasteiger partial charge in [-0.2, -0.15) is 0 Å². The summed E-state index contributed by atoms with van der Waals surface area (Å²) in [5, 5.41) is 13.3. The van der Waals surface area contributed by atoms with Crippen molar-refractivity contribution in [1.82, 2.24) is 10.2 Å². The molecule has 1 aromatic heterocycles. The third-order valence-electron chi connectivity index (χ3n) is 5.47. The van der Waals surface area contributed by atoms with Crippen LogP contribution in [0.2, 0.25) is 0 Å². The molecule has 0 saturated heterocycles. The van der Waals surface area contributed by atoms with Crippen molar-refractivity contribution in [2.24, 2.45) is 0 Å². The van der Waals surface area contributed by atoms with E-state index in [9.17, 15) is 14.7 Å². The fraction of sp³-hybridized carbons (Fsp3) is 0.583. The molecule has 6 heteroatoms. The van der Waals surface area contributed by atoms with Crippen LogP contribution in [-0.4, -0.2) is 43.1 Å². The summed E-state index contributed by atoms with van der Waals surface area (Å²) in [6.45, 7) is 1.74. The number of rotatable bonds is 14. The number of unbranched alkanes of at least 4 members (excludes halogenated alkanes) is 9. The van der Waals surface area contributed by atoms with Gasteiger partial charge in [0.1, 0.15) is 16.9 Å². The average molecular weight is 417 g/mol. The van der Waals surface area contributed by atoms with Crippen LogP contribution in [0, 0.1) is 0 Å². The zero-order valence-electron chi connectivity index (χ0n) is 18.4. The highest BCUT2D eigenvalue weighted by Crippen LogP contribution is 2.19. The van der Waals surface area contributed by atoms with Crippen LogP contribution >= 0.6 is 0 Å². The lowest BCUT2D eigenvalue weighted by molar-refractivity contribution is 0.0788. The minimum atomic E-state index is -0.670. The topological polar surface area (TPSA) is 82.8 Å². The second kappa shape index (κ2) is 13.1. The normalized spacial score (nSPS) is 11.1. The Kier molecular flexibility index (Phi) is 10.4. The molecule has 0 aliphatic rings. The predicted molar refractivity (Wildman–Crippen MR) is 121 cm³/mol. The van der Waals surface area contributed by atoms with Crippen molar-refractivity contribution in [3.8, 4) is 5.75 Å². The Bertz CT molecular complexity index is 847. The van der Waals surface area contributed by atoms with E-state index in [0.717, 1.165) is 19.4 Å². The van der Waals surface area contributed by atoms with E-state index in [1.807, 2.05) is 7.05 Å². The van der Waals surface area contributed by atoms with Gasteiger partial charge in [-0.1, -0.05) is 51.4 Å². The Hall–Kier alpha value is -2.34. The van der Waals surface area contributed by atoms with Gasteiger partial charge >= 0.3 is 5.63 Å². The second-order valence-electron chi connectivity index (χ2n) is 8.04. The maximum Gasteiger partial charge on any atom is 0.349 e. The van der Waals surface area contributed by atoms with Gasteiger partial charge in [0, 0.05) is 25.0 Å². The van der Waals surface area contributed by atoms with Crippen LogP contribution in [-0.2, 0) is 0 Å². The molecular weight excluding hydrogens is 380 g/mol. The number of nitrogens with one attached hydrogen (secondary N) is 1. The van der Waals surface area contributed by atoms with Crippen molar-refractivity contribution >= 4 is 16.9 Å². The molecule has 6 nitrogen and oxygen atoms in total. The van der Waals surface area contributed by atoms with Gasteiger partial charge in [0.2, 0.25) is 0 Å². The summed E-state index contributed by atoms with van der Waals surface area (Å²) in [5.74, 6) is -0.302. The van der Waals surface area contributed by atoms with Crippen molar-refractivity contribution in [3.05, 3.63) is 40.2 Å². The molecule has 30 heavy (non-hydrogen) atoms. The summed E-state index contributed by atoms with van der Waals surface area (Å²) in [4.78, 5) is 26.4. The molecule has 0 bridgehead atoms. The Labute approximate surface area is 179 Å². The Morgan fingerprint density at radius 1 is 0.967 bits per heavy atom. The van der Waals surface area contributed by atoms with E-state index in [-0.39, 0.29) is 22.8 Å². The number of fused-ring (bicyclic) bond motifs is 1. The van der Waals surface area contributed by atoms with Crippen LogP contribution in [0.1, 0.15) is 74.6 Å². The van der Waals surface area contributed by atoms with Gasteiger partial charge in [0.05, 0.1) is 0 Å². The van der Waals surface area contributed by atoms with E-state index in [1.54, 1.807) is 18.0 Å². The number of phenolic OH excluding ortho intramolecular Hbond substituents is 1. The molecule has 1 amide bonds. The zero-order chi connectivity index (χ0) is 21.8. The van der Waals surface area contributed by atoms with Crippen molar-refractivity contribution in [2.45, 2.75) is 64.2 Å². The van der Waals surface area contributed by atoms with E-state index in [4.69, 9.17) is 4.42 Å². The largest absolute Gasteiger partial charge is 0.508 e. The molecule has 0 radical (unpaired) electrons. The summed E-state index contributed by atoms with van der Waals surface area (Å²) in [5.41, 5.74) is -0.363. The first kappa shape index (κ1) is 23.9. The minimum absolute atomic E-state index is 0.0198. The molecule has 1 aromatic carbocycles. The SMILES string of the molecule is CNCCCCCCCCCCCCN(C)C(=O)c1cc2ccc(O)cc2oc1=O. The van der Waals surface area contributed by atoms with Crippen molar-refractivity contribution in [1.29, 1.82) is 0 Å². The van der Waals surface area contributed by atoms with Crippen LogP contribution in [0.3, 0.4) is 0 Å². The number of nitrogens with zero attached hydrogens (tertiary/aromatic N) is 1. The van der Waals surface area contributed by atoms with E-state index in [2.05, 4.69) is 5.32 Å². The van der Waals surface area contributed by atoms with E-state index < -0.39 is 5.63 Å². The number of phenols is 1. The molecule has 1 heterocycles. The first-order valence-electron chi connectivity index (χ1n) is 11.2. The third-order valence-corrected chi connectivity index (χ3v) is 5.47. The maximum atomic E-state index is 12.6. The first-order chi connectivity index (χ1) is 14.5. The van der Waals surface area contributed by atoms with E-state index in [1.165, 1.54) is 69.6 Å². The lowest BCUT2D eigenvalue weighted by Crippen LogP contribution is -2.31. The monoisotopic (exact) mass is 416 g/mol. The lowest BCUT2D eigenvalue weighted by atomic mass is 10.1. The van der Waals surface area contributed by atoms with Gasteiger partial charge in [-0.3, -0.25) is 4.79 Å². The molecule has 0 spiro atoms. The summed E-state index contributed by atoms with van der Waals surface area (Å²) >= 11 is 0. The van der Waals surface area contributed by atoms with Crippen molar-refractivity contribution in [2.75, 3.05) is 27.2 Å². The second-order valence-corrected chi connectivity index (χ2v) is 8.04. The summed E-state index contributed by atoms with van der Waals surface area (Å²) in [6.07, 6.45) is 12.3. The molecule has 0 aliphatic heterocycles. The standard InChI is InChI=1S/C24H36N2O4/c1-25-15-11-9-7-5-3-4-6-8-10-12-16-26(2)23(28)21-17-19-13-14-20(27)18-22(19)30-24(21)29/h13-14,17-18,25,27H,3-12,15-16H2,1-2H3. The molecule has 0 saturated carbocycles. The number of carbonyl (C=O) groups excluding carboxylic acids is 1. The number of amides is 1. The molecular formula is C24H36N2O4. The van der Waals surface area contributed by atoms with Crippen molar-refractivity contribution in [3.63, 3.8) is 0 Å². The molecule has 2 aromatic rings. The highest BCUT2D eigenvalue weighted by molar-refractivity contribution is 5.96. The quantitative estimate of drug-likeness (QED) is 0.345. The molecule has 2 rings (SSSR count). The number of carbonyl (C=O) groups is 1. The number of hydrogen-bond acceptors (Lipinski definition) is 5. The molecule has 2 N–H and O–H groups in total. The Morgan fingerprint density at radius 3 is 2.20 bits per heavy atom. The van der Waals surface area contributed by atoms with E-state index >= 15 is 0 Å². The van der Waals surface area contributed by atoms with Crippen molar-refractivity contribution < 1.29 is 14.3 Å². The van der Waals surface area contributed by atoms with Gasteiger partial charge in [0.25, 0.3) is 5.91 Å². The van der Waals surface area contributed by atoms with Crippen LogP contribution in [0.4, 0.5) is 0 Å². The fourth-order valence-corrected chi connectivity index (χ4v) is 3.62. The lowest BCUT2D eigenvalue weighted by Gasteiger charge is -2.16. The molecule has 166 valence electrons. The summed E-state index contributed by atoms with van der Waals surface area (Å²) < 4.78 is 5.20. The maximum absolute atomic E-state index is 12.6. The third kappa shape index (κ3) is 7.82. The minimum Gasteiger partial charge on any atom is -0.508 e. The Balaban J connectivity index is 1.64. The van der Waals surface area contributed by atoms with Gasteiger partial charge in [-0.05, 0) is 44.6 Å². The molecule has 0 aliphatic carbocycles. The van der Waals surface area contributed by atoms with Crippen LogP contribution in [0.25, 0.3) is 11.0 Å². The highest BCUT2D eigenvalue weighted by Gasteiger charge is 2.17. The smallest absolute Gasteiger partial charge is 0.349 e. The van der Waals surface area contributed by atoms with Crippen LogP contribution in [0.15, 0.2) is 33.5 Å². The molecule has 0 unspecified atom stereocenters. The van der Waals surface area contributed by atoms with E-state index in [0.29, 0.717) is 11.9 Å².